The molecule has 2 unspecified atom stereocenters. The quantitative estimate of drug-likeness (QED) is 0.842. The number of aromatic nitrogens is 1. The van der Waals surface area contributed by atoms with E-state index in [4.69, 9.17) is 0 Å². The maximum atomic E-state index is 12.5. The zero-order valence-electron chi connectivity index (χ0n) is 8.30. The van der Waals surface area contributed by atoms with Gasteiger partial charge in [0, 0.05) is 10.9 Å². The molecule has 1 N–H and O–H groups in total. The third-order valence-corrected chi connectivity index (χ3v) is 2.17. The van der Waals surface area contributed by atoms with Crippen molar-refractivity contribution in [3.05, 3.63) is 24.1 Å². The summed E-state index contributed by atoms with van der Waals surface area (Å²) < 4.78 is 12.5. The van der Waals surface area contributed by atoms with Crippen molar-refractivity contribution in [3.63, 3.8) is 0 Å². The molecule has 2 nitrogen and oxygen atoms in total. The first-order valence-electron chi connectivity index (χ1n) is 4.60. The fourth-order valence-corrected chi connectivity index (χ4v) is 1.82. The number of hydrogen-bond acceptors (Lipinski definition) is 2. The van der Waals surface area contributed by atoms with E-state index in [1.165, 1.54) is 12.3 Å². The molecular weight excluding hydrogens is 247 g/mol. The van der Waals surface area contributed by atoms with E-state index < -0.39 is 0 Å². The van der Waals surface area contributed by atoms with E-state index in [1.807, 2.05) is 0 Å². The molecule has 2 atom stereocenters. The summed E-state index contributed by atoms with van der Waals surface area (Å²) in [6.45, 7) is 4.17. The lowest BCUT2D eigenvalue weighted by Gasteiger charge is -2.15. The molecule has 0 saturated carbocycles. The molecular formula is C10H14BrFN2. The number of alkyl halides is 1. The first-order chi connectivity index (χ1) is 6.58. The van der Waals surface area contributed by atoms with Gasteiger partial charge in [0.25, 0.3) is 0 Å². The van der Waals surface area contributed by atoms with E-state index in [0.29, 0.717) is 16.7 Å². The monoisotopic (exact) mass is 260 g/mol. The van der Waals surface area contributed by atoms with Crippen LogP contribution in [0.4, 0.5) is 10.2 Å². The van der Waals surface area contributed by atoms with Gasteiger partial charge in [-0.15, -0.1) is 0 Å². The maximum absolute atomic E-state index is 12.5. The Morgan fingerprint density at radius 2 is 2.21 bits per heavy atom. The molecule has 0 aliphatic heterocycles. The van der Waals surface area contributed by atoms with Crippen LogP contribution in [-0.4, -0.2) is 15.9 Å². The Morgan fingerprint density at radius 3 is 2.71 bits per heavy atom. The average Bonchev–Trinajstić information content (AvgIpc) is 2.07. The molecule has 0 fully saturated rings. The molecule has 0 bridgehead atoms. The van der Waals surface area contributed by atoms with E-state index >= 15 is 0 Å². The summed E-state index contributed by atoms with van der Waals surface area (Å²) in [4.78, 5) is 4.39. The Hall–Kier alpha value is -0.640. The fraction of sp³-hybridized carbons (Fsp3) is 0.500. The maximum Gasteiger partial charge on any atom is 0.141 e. The molecule has 4 heteroatoms. The number of nitrogens with one attached hydrogen (secondary N) is 1. The number of halogens is 2. The average molecular weight is 261 g/mol. The standard InChI is InChI=1S/C10H14BrFN2/c1-7(11)5-8(2)14-10-4-3-9(12)6-13-10/h3-4,6-8H,5H2,1-2H3,(H,13,14). The van der Waals surface area contributed by atoms with Crippen molar-refractivity contribution in [3.8, 4) is 0 Å². The van der Waals surface area contributed by atoms with Gasteiger partial charge >= 0.3 is 0 Å². The van der Waals surface area contributed by atoms with Crippen molar-refractivity contribution >= 4 is 21.7 Å². The molecule has 0 saturated heterocycles. The second kappa shape index (κ2) is 5.29. The molecule has 0 aliphatic rings. The van der Waals surface area contributed by atoms with E-state index in [0.717, 1.165) is 6.42 Å². The van der Waals surface area contributed by atoms with E-state index in [2.05, 4.69) is 40.1 Å². The van der Waals surface area contributed by atoms with Gasteiger partial charge in [0.15, 0.2) is 0 Å². The zero-order chi connectivity index (χ0) is 10.6. The summed E-state index contributed by atoms with van der Waals surface area (Å²) in [5.41, 5.74) is 0. The van der Waals surface area contributed by atoms with Crippen LogP contribution in [0.5, 0.6) is 0 Å². The molecule has 14 heavy (non-hydrogen) atoms. The molecule has 0 radical (unpaired) electrons. The molecule has 1 aromatic rings. The molecule has 0 amide bonds. The second-order valence-electron chi connectivity index (χ2n) is 3.42. The van der Waals surface area contributed by atoms with Gasteiger partial charge in [0.05, 0.1) is 6.20 Å². The number of anilines is 1. The van der Waals surface area contributed by atoms with Crippen molar-refractivity contribution in [2.45, 2.75) is 31.1 Å². The lowest BCUT2D eigenvalue weighted by molar-refractivity contribution is 0.620. The van der Waals surface area contributed by atoms with Gasteiger partial charge < -0.3 is 5.32 Å². The third kappa shape index (κ3) is 4.05. The largest absolute Gasteiger partial charge is 0.368 e. The van der Waals surface area contributed by atoms with Gasteiger partial charge in [-0.1, -0.05) is 22.9 Å². The predicted octanol–water partition coefficient (Wildman–Crippen LogP) is 3.19. The van der Waals surface area contributed by atoms with Crippen LogP contribution in [0.3, 0.4) is 0 Å². The number of hydrogen-bond donors (Lipinski definition) is 1. The summed E-state index contributed by atoms with van der Waals surface area (Å²) in [7, 11) is 0. The second-order valence-corrected chi connectivity index (χ2v) is 4.99. The van der Waals surface area contributed by atoms with Gasteiger partial charge in [-0.05, 0) is 25.5 Å². The van der Waals surface area contributed by atoms with Crippen LogP contribution in [0.1, 0.15) is 20.3 Å². The van der Waals surface area contributed by atoms with Crippen molar-refractivity contribution in [2.24, 2.45) is 0 Å². The highest BCUT2D eigenvalue weighted by Gasteiger charge is 2.06. The van der Waals surface area contributed by atoms with Gasteiger partial charge in [0.1, 0.15) is 11.6 Å². The Morgan fingerprint density at radius 1 is 1.50 bits per heavy atom. The van der Waals surface area contributed by atoms with E-state index in [1.54, 1.807) is 6.07 Å². The Kier molecular flexibility index (Phi) is 4.32. The molecule has 0 aliphatic carbocycles. The minimum atomic E-state index is -0.308. The summed E-state index contributed by atoms with van der Waals surface area (Å²) >= 11 is 3.48. The lowest BCUT2D eigenvalue weighted by Crippen LogP contribution is -2.18. The molecule has 78 valence electrons. The van der Waals surface area contributed by atoms with E-state index in [9.17, 15) is 4.39 Å². The normalized spacial score (nSPS) is 14.9. The van der Waals surface area contributed by atoms with Crippen LogP contribution >= 0.6 is 15.9 Å². The highest BCUT2D eigenvalue weighted by Crippen LogP contribution is 2.11. The minimum Gasteiger partial charge on any atom is -0.368 e. The number of rotatable bonds is 4. The summed E-state index contributed by atoms with van der Waals surface area (Å²) in [6.07, 6.45) is 2.21. The van der Waals surface area contributed by atoms with Crippen molar-refractivity contribution in [1.29, 1.82) is 0 Å². The topological polar surface area (TPSA) is 24.9 Å². The van der Waals surface area contributed by atoms with Crippen molar-refractivity contribution in [1.82, 2.24) is 4.98 Å². The molecule has 1 aromatic heterocycles. The predicted molar refractivity (Wildman–Crippen MR) is 60.3 cm³/mol. The van der Waals surface area contributed by atoms with Crippen LogP contribution in [0, 0.1) is 5.82 Å². The van der Waals surface area contributed by atoms with Crippen LogP contribution in [0.15, 0.2) is 18.3 Å². The summed E-state index contributed by atoms with van der Waals surface area (Å²) in [5.74, 6) is 0.407. The molecule has 1 heterocycles. The highest BCUT2D eigenvalue weighted by molar-refractivity contribution is 9.09. The van der Waals surface area contributed by atoms with Gasteiger partial charge in [-0.2, -0.15) is 0 Å². The number of pyridine rings is 1. The molecule has 1 rings (SSSR count). The zero-order valence-corrected chi connectivity index (χ0v) is 9.88. The number of nitrogens with zero attached hydrogens (tertiary/aromatic N) is 1. The first-order valence-corrected chi connectivity index (χ1v) is 5.51. The lowest BCUT2D eigenvalue weighted by atomic mass is 10.2. The molecule has 0 spiro atoms. The van der Waals surface area contributed by atoms with Crippen LogP contribution in [-0.2, 0) is 0 Å². The molecule has 0 aromatic carbocycles. The van der Waals surface area contributed by atoms with E-state index in [-0.39, 0.29) is 5.82 Å². The van der Waals surface area contributed by atoms with Crippen molar-refractivity contribution in [2.75, 3.05) is 5.32 Å². The van der Waals surface area contributed by atoms with Crippen LogP contribution in [0.25, 0.3) is 0 Å². The van der Waals surface area contributed by atoms with Crippen molar-refractivity contribution < 1.29 is 4.39 Å². The first kappa shape index (κ1) is 11.4. The van der Waals surface area contributed by atoms with Crippen LogP contribution < -0.4 is 5.32 Å². The SMILES string of the molecule is CC(Br)CC(C)Nc1ccc(F)cn1. The third-order valence-electron chi connectivity index (χ3n) is 1.80. The van der Waals surface area contributed by atoms with Gasteiger partial charge in [-0.25, -0.2) is 9.37 Å². The Bertz CT molecular complexity index is 274. The van der Waals surface area contributed by atoms with Gasteiger partial charge in [-0.3, -0.25) is 0 Å². The fourth-order valence-electron chi connectivity index (χ4n) is 1.26. The van der Waals surface area contributed by atoms with Crippen LogP contribution in [0.2, 0.25) is 0 Å². The highest BCUT2D eigenvalue weighted by atomic mass is 79.9. The Balaban J connectivity index is 2.47. The smallest absolute Gasteiger partial charge is 0.141 e. The summed E-state index contributed by atoms with van der Waals surface area (Å²) in [6, 6.07) is 3.37. The minimum absolute atomic E-state index is 0.308. The summed E-state index contributed by atoms with van der Waals surface area (Å²) in [5, 5.41) is 3.19. The van der Waals surface area contributed by atoms with Gasteiger partial charge in [0.2, 0.25) is 0 Å². The Labute approximate surface area is 92.1 Å².